The minimum atomic E-state index is -1.22. The van der Waals surface area contributed by atoms with Crippen molar-refractivity contribution in [1.29, 1.82) is 0 Å². The second kappa shape index (κ2) is 5.31. The standard InChI is InChI=1S/C7H10O5/c1-5(4-8)12-7(11)3-2-6(9)10/h2-3,5,8H,4H2,1H3,(H,9,10). The number of aliphatic carboxylic acids is 1. The number of carbonyl (C=O) groups excluding carboxylic acids is 1. The maximum atomic E-state index is 10.6. The molecule has 0 fully saturated rings. The van der Waals surface area contributed by atoms with Crippen LogP contribution in [0.15, 0.2) is 12.2 Å². The number of carboxylic acids is 1. The molecule has 5 heteroatoms. The molecule has 0 radical (unpaired) electrons. The van der Waals surface area contributed by atoms with E-state index in [1.807, 2.05) is 0 Å². The van der Waals surface area contributed by atoms with E-state index in [1.165, 1.54) is 6.92 Å². The molecular formula is C7H10O5. The number of aliphatic hydroxyl groups is 1. The van der Waals surface area contributed by atoms with E-state index in [1.54, 1.807) is 0 Å². The highest BCUT2D eigenvalue weighted by atomic mass is 16.5. The topological polar surface area (TPSA) is 83.8 Å². The van der Waals surface area contributed by atoms with Crippen molar-refractivity contribution in [3.05, 3.63) is 12.2 Å². The van der Waals surface area contributed by atoms with Gasteiger partial charge < -0.3 is 14.9 Å². The van der Waals surface area contributed by atoms with Gasteiger partial charge in [0, 0.05) is 12.2 Å². The van der Waals surface area contributed by atoms with Crippen LogP contribution in [0.2, 0.25) is 0 Å². The van der Waals surface area contributed by atoms with Gasteiger partial charge in [-0.05, 0) is 6.92 Å². The van der Waals surface area contributed by atoms with Crippen molar-refractivity contribution in [2.45, 2.75) is 13.0 Å². The molecule has 2 N–H and O–H groups in total. The molecule has 0 amide bonds. The lowest BCUT2D eigenvalue weighted by Crippen LogP contribution is -2.16. The summed E-state index contributed by atoms with van der Waals surface area (Å²) in [6, 6.07) is 0. The first-order valence-electron chi connectivity index (χ1n) is 3.28. The summed E-state index contributed by atoms with van der Waals surface area (Å²) in [5.74, 6) is -2.00. The second-order valence-corrected chi connectivity index (χ2v) is 2.10. The fourth-order valence-electron chi connectivity index (χ4n) is 0.414. The molecule has 0 spiro atoms. The molecule has 0 aromatic carbocycles. The molecule has 12 heavy (non-hydrogen) atoms. The van der Waals surface area contributed by atoms with Crippen molar-refractivity contribution < 1.29 is 24.5 Å². The zero-order valence-electron chi connectivity index (χ0n) is 6.56. The predicted molar refractivity (Wildman–Crippen MR) is 39.4 cm³/mol. The Morgan fingerprint density at radius 1 is 1.50 bits per heavy atom. The summed E-state index contributed by atoms with van der Waals surface area (Å²) in [6.07, 6.45) is 0.844. The Balaban J connectivity index is 3.81. The number of ether oxygens (including phenoxy) is 1. The third kappa shape index (κ3) is 5.43. The Bertz CT molecular complexity index is 196. The minimum absolute atomic E-state index is 0.285. The van der Waals surface area contributed by atoms with Gasteiger partial charge in [0.15, 0.2) is 0 Å². The highest BCUT2D eigenvalue weighted by Gasteiger charge is 2.04. The Kier molecular flexibility index (Phi) is 4.71. The number of aliphatic hydroxyl groups excluding tert-OH is 1. The quantitative estimate of drug-likeness (QED) is 0.445. The molecule has 0 saturated carbocycles. The van der Waals surface area contributed by atoms with Crippen molar-refractivity contribution in [2.75, 3.05) is 6.61 Å². The number of esters is 1. The van der Waals surface area contributed by atoms with Gasteiger partial charge in [0.25, 0.3) is 0 Å². The summed E-state index contributed by atoms with van der Waals surface area (Å²) < 4.78 is 4.51. The van der Waals surface area contributed by atoms with Crippen LogP contribution in [-0.4, -0.2) is 34.9 Å². The lowest BCUT2D eigenvalue weighted by molar-refractivity contribution is -0.144. The SMILES string of the molecule is CC(CO)OC(=O)C=CC(=O)O. The summed E-state index contributed by atoms with van der Waals surface area (Å²) in [5.41, 5.74) is 0. The van der Waals surface area contributed by atoms with Gasteiger partial charge in [-0.2, -0.15) is 0 Å². The highest BCUT2D eigenvalue weighted by molar-refractivity contribution is 5.90. The first-order chi connectivity index (χ1) is 5.56. The predicted octanol–water partition coefficient (Wildman–Crippen LogP) is -0.449. The van der Waals surface area contributed by atoms with Gasteiger partial charge in [0.1, 0.15) is 6.10 Å². The Morgan fingerprint density at radius 2 is 2.08 bits per heavy atom. The molecule has 0 aliphatic rings. The second-order valence-electron chi connectivity index (χ2n) is 2.10. The average molecular weight is 174 g/mol. The van der Waals surface area contributed by atoms with E-state index in [-0.39, 0.29) is 6.61 Å². The van der Waals surface area contributed by atoms with Crippen LogP contribution in [0, 0.1) is 0 Å². The Hall–Kier alpha value is -1.36. The van der Waals surface area contributed by atoms with Crippen LogP contribution >= 0.6 is 0 Å². The minimum Gasteiger partial charge on any atom is -0.478 e. The van der Waals surface area contributed by atoms with Gasteiger partial charge in [-0.25, -0.2) is 9.59 Å². The number of hydrogen-bond acceptors (Lipinski definition) is 4. The number of hydrogen-bond donors (Lipinski definition) is 2. The van der Waals surface area contributed by atoms with Crippen LogP contribution in [0.1, 0.15) is 6.92 Å². The van der Waals surface area contributed by atoms with Crippen LogP contribution in [0.3, 0.4) is 0 Å². The molecule has 5 nitrogen and oxygen atoms in total. The molecule has 0 aromatic heterocycles. The summed E-state index contributed by atoms with van der Waals surface area (Å²) in [6.45, 7) is 1.21. The van der Waals surface area contributed by atoms with E-state index in [4.69, 9.17) is 10.2 Å². The van der Waals surface area contributed by atoms with Gasteiger partial charge >= 0.3 is 11.9 Å². The summed E-state index contributed by atoms with van der Waals surface area (Å²) in [7, 11) is 0. The van der Waals surface area contributed by atoms with Crippen molar-refractivity contribution in [3.8, 4) is 0 Å². The maximum Gasteiger partial charge on any atom is 0.331 e. The average Bonchev–Trinajstić information content (AvgIpc) is 2.00. The van der Waals surface area contributed by atoms with Crippen molar-refractivity contribution in [1.82, 2.24) is 0 Å². The van der Waals surface area contributed by atoms with Crippen molar-refractivity contribution in [3.63, 3.8) is 0 Å². The third-order valence-corrected chi connectivity index (χ3v) is 0.936. The molecule has 0 aromatic rings. The molecule has 0 aliphatic heterocycles. The molecule has 1 atom stereocenters. The van der Waals surface area contributed by atoms with E-state index >= 15 is 0 Å². The van der Waals surface area contributed by atoms with E-state index in [0.717, 1.165) is 6.08 Å². The molecular weight excluding hydrogens is 164 g/mol. The van der Waals surface area contributed by atoms with Gasteiger partial charge in [0.2, 0.25) is 0 Å². The van der Waals surface area contributed by atoms with Gasteiger partial charge in [0.05, 0.1) is 6.61 Å². The molecule has 1 unspecified atom stereocenters. The monoisotopic (exact) mass is 174 g/mol. The van der Waals surface area contributed by atoms with E-state index in [9.17, 15) is 9.59 Å². The van der Waals surface area contributed by atoms with E-state index in [2.05, 4.69) is 4.74 Å². The Morgan fingerprint density at radius 3 is 2.50 bits per heavy atom. The van der Waals surface area contributed by atoms with Gasteiger partial charge in [-0.1, -0.05) is 0 Å². The smallest absolute Gasteiger partial charge is 0.331 e. The summed E-state index contributed by atoms with van der Waals surface area (Å²) in [4.78, 5) is 20.5. The Labute approximate surface area is 69.3 Å². The van der Waals surface area contributed by atoms with Gasteiger partial charge in [-0.15, -0.1) is 0 Å². The lowest BCUT2D eigenvalue weighted by atomic mass is 10.4. The maximum absolute atomic E-state index is 10.6. The van der Waals surface area contributed by atoms with Crippen LogP contribution in [-0.2, 0) is 14.3 Å². The van der Waals surface area contributed by atoms with Crippen LogP contribution in [0.25, 0.3) is 0 Å². The molecule has 0 bridgehead atoms. The number of carbonyl (C=O) groups is 2. The van der Waals surface area contributed by atoms with Crippen molar-refractivity contribution >= 4 is 11.9 Å². The lowest BCUT2D eigenvalue weighted by Gasteiger charge is -2.06. The van der Waals surface area contributed by atoms with Gasteiger partial charge in [-0.3, -0.25) is 0 Å². The molecule has 0 heterocycles. The molecule has 0 rings (SSSR count). The summed E-state index contributed by atoms with van der Waals surface area (Å²) >= 11 is 0. The number of rotatable bonds is 4. The van der Waals surface area contributed by atoms with Crippen molar-refractivity contribution in [2.24, 2.45) is 0 Å². The highest BCUT2D eigenvalue weighted by Crippen LogP contribution is 1.90. The normalized spacial score (nSPS) is 12.8. The zero-order valence-corrected chi connectivity index (χ0v) is 6.56. The molecule has 68 valence electrons. The first kappa shape index (κ1) is 10.6. The van der Waals surface area contributed by atoms with E-state index in [0.29, 0.717) is 6.08 Å². The third-order valence-electron chi connectivity index (χ3n) is 0.936. The largest absolute Gasteiger partial charge is 0.478 e. The fraction of sp³-hybridized carbons (Fsp3) is 0.429. The fourth-order valence-corrected chi connectivity index (χ4v) is 0.414. The molecule has 0 saturated heterocycles. The first-order valence-corrected chi connectivity index (χ1v) is 3.28. The van der Waals surface area contributed by atoms with Crippen LogP contribution < -0.4 is 0 Å². The van der Waals surface area contributed by atoms with Crippen LogP contribution in [0.4, 0.5) is 0 Å². The van der Waals surface area contributed by atoms with E-state index < -0.39 is 18.0 Å². The summed E-state index contributed by atoms with van der Waals surface area (Å²) in [5, 5.41) is 16.6. The van der Waals surface area contributed by atoms with Crippen LogP contribution in [0.5, 0.6) is 0 Å². The number of carboxylic acid groups (broad SMARTS) is 1. The zero-order chi connectivity index (χ0) is 9.56. The molecule has 0 aliphatic carbocycles.